The molecule has 2 rings (SSSR count). The lowest BCUT2D eigenvalue weighted by Crippen LogP contribution is -1.90. The van der Waals surface area contributed by atoms with Crippen molar-refractivity contribution in [1.82, 2.24) is 9.55 Å². The highest BCUT2D eigenvalue weighted by Gasteiger charge is 2.03. The van der Waals surface area contributed by atoms with Gasteiger partial charge in [0.25, 0.3) is 0 Å². The SMILES string of the molecule is CCc1ccc2nc(C)n(C)c2c1. The van der Waals surface area contributed by atoms with E-state index in [9.17, 15) is 0 Å². The Morgan fingerprint density at radius 2 is 2.15 bits per heavy atom. The largest absolute Gasteiger partial charge is 0.331 e. The van der Waals surface area contributed by atoms with Gasteiger partial charge in [-0.05, 0) is 31.0 Å². The molecule has 2 heteroatoms. The Labute approximate surface area is 78.2 Å². The molecule has 68 valence electrons. The highest BCUT2D eigenvalue weighted by atomic mass is 15.0. The zero-order chi connectivity index (χ0) is 9.42. The molecule has 0 spiro atoms. The second kappa shape index (κ2) is 2.87. The third kappa shape index (κ3) is 1.22. The van der Waals surface area contributed by atoms with Gasteiger partial charge in [0.2, 0.25) is 0 Å². The highest BCUT2D eigenvalue weighted by molar-refractivity contribution is 5.76. The first-order chi connectivity index (χ1) is 6.22. The van der Waals surface area contributed by atoms with Crippen LogP contribution in [-0.2, 0) is 13.5 Å². The topological polar surface area (TPSA) is 17.8 Å². The number of rotatable bonds is 1. The third-order valence-electron chi connectivity index (χ3n) is 2.58. The Hall–Kier alpha value is -1.31. The van der Waals surface area contributed by atoms with Gasteiger partial charge < -0.3 is 4.57 Å². The van der Waals surface area contributed by atoms with E-state index in [1.54, 1.807) is 0 Å². The molecule has 0 aliphatic heterocycles. The number of benzene rings is 1. The minimum atomic E-state index is 1.07. The maximum absolute atomic E-state index is 4.45. The predicted molar refractivity (Wildman–Crippen MR) is 54.8 cm³/mol. The van der Waals surface area contributed by atoms with E-state index in [1.165, 1.54) is 11.1 Å². The summed E-state index contributed by atoms with van der Waals surface area (Å²) in [4.78, 5) is 4.45. The normalized spacial score (nSPS) is 11.0. The van der Waals surface area contributed by atoms with Crippen LogP contribution in [0.2, 0.25) is 0 Å². The third-order valence-corrected chi connectivity index (χ3v) is 2.58. The average Bonchev–Trinajstić information content (AvgIpc) is 2.43. The maximum Gasteiger partial charge on any atom is 0.106 e. The zero-order valence-corrected chi connectivity index (χ0v) is 8.33. The number of imidazole rings is 1. The maximum atomic E-state index is 4.45. The molecule has 0 saturated carbocycles. The van der Waals surface area contributed by atoms with E-state index >= 15 is 0 Å². The molecule has 0 atom stereocenters. The highest BCUT2D eigenvalue weighted by Crippen LogP contribution is 2.16. The van der Waals surface area contributed by atoms with E-state index < -0.39 is 0 Å². The standard InChI is InChI=1S/C11H14N2/c1-4-9-5-6-10-11(7-9)13(3)8(2)12-10/h5-7H,4H2,1-3H3. The molecule has 0 radical (unpaired) electrons. The van der Waals surface area contributed by atoms with Gasteiger partial charge in [-0.2, -0.15) is 0 Å². The predicted octanol–water partition coefficient (Wildman–Crippen LogP) is 2.44. The van der Waals surface area contributed by atoms with Crippen LogP contribution >= 0.6 is 0 Å². The van der Waals surface area contributed by atoms with Gasteiger partial charge in [0.1, 0.15) is 5.82 Å². The summed E-state index contributed by atoms with van der Waals surface area (Å²) >= 11 is 0. The van der Waals surface area contributed by atoms with Gasteiger partial charge in [-0.1, -0.05) is 13.0 Å². The van der Waals surface area contributed by atoms with E-state index in [1.807, 2.05) is 6.92 Å². The number of fused-ring (bicyclic) bond motifs is 1. The summed E-state index contributed by atoms with van der Waals surface area (Å²) in [5, 5.41) is 0. The molecular formula is C11H14N2. The monoisotopic (exact) mass is 174 g/mol. The molecule has 0 fully saturated rings. The van der Waals surface area contributed by atoms with E-state index in [0.717, 1.165) is 17.8 Å². The van der Waals surface area contributed by atoms with E-state index in [2.05, 4.69) is 41.7 Å². The number of hydrogen-bond acceptors (Lipinski definition) is 1. The van der Waals surface area contributed by atoms with Crippen LogP contribution in [0, 0.1) is 6.92 Å². The van der Waals surface area contributed by atoms with Crippen molar-refractivity contribution in [3.63, 3.8) is 0 Å². The summed E-state index contributed by atoms with van der Waals surface area (Å²) in [6.45, 7) is 4.20. The second-order valence-corrected chi connectivity index (χ2v) is 3.39. The fourth-order valence-electron chi connectivity index (χ4n) is 1.58. The summed E-state index contributed by atoms with van der Waals surface area (Å²) in [5.74, 6) is 1.07. The van der Waals surface area contributed by atoms with Gasteiger partial charge in [-0.15, -0.1) is 0 Å². The molecule has 0 N–H and O–H groups in total. The smallest absolute Gasteiger partial charge is 0.106 e. The molecule has 0 unspecified atom stereocenters. The lowest BCUT2D eigenvalue weighted by molar-refractivity contribution is 0.885. The zero-order valence-electron chi connectivity index (χ0n) is 8.33. The van der Waals surface area contributed by atoms with Gasteiger partial charge in [0.05, 0.1) is 11.0 Å². The van der Waals surface area contributed by atoms with Crippen molar-refractivity contribution in [2.24, 2.45) is 7.05 Å². The molecule has 13 heavy (non-hydrogen) atoms. The van der Waals surface area contributed by atoms with Crippen molar-refractivity contribution >= 4 is 11.0 Å². The van der Waals surface area contributed by atoms with Crippen LogP contribution in [0.4, 0.5) is 0 Å². The van der Waals surface area contributed by atoms with Gasteiger partial charge in [0.15, 0.2) is 0 Å². The molecule has 0 saturated heterocycles. The number of aryl methyl sites for hydroxylation is 3. The summed E-state index contributed by atoms with van der Waals surface area (Å²) in [5.41, 5.74) is 3.70. The lowest BCUT2D eigenvalue weighted by atomic mass is 10.1. The van der Waals surface area contributed by atoms with Crippen LogP contribution in [0.1, 0.15) is 18.3 Å². The lowest BCUT2D eigenvalue weighted by Gasteiger charge is -1.98. The van der Waals surface area contributed by atoms with Crippen LogP contribution < -0.4 is 0 Å². The summed E-state index contributed by atoms with van der Waals surface area (Å²) < 4.78 is 2.13. The number of nitrogens with zero attached hydrogens (tertiary/aromatic N) is 2. The first kappa shape index (κ1) is 8.30. The van der Waals surface area contributed by atoms with Gasteiger partial charge in [-0.3, -0.25) is 0 Å². The van der Waals surface area contributed by atoms with Crippen LogP contribution in [0.3, 0.4) is 0 Å². The molecule has 0 aliphatic rings. The molecule has 1 aromatic carbocycles. The van der Waals surface area contributed by atoms with Gasteiger partial charge >= 0.3 is 0 Å². The molecule has 2 aromatic rings. The molecule has 1 aromatic heterocycles. The Bertz CT molecular complexity index is 441. The van der Waals surface area contributed by atoms with Crippen LogP contribution in [-0.4, -0.2) is 9.55 Å². The van der Waals surface area contributed by atoms with Crippen molar-refractivity contribution in [3.8, 4) is 0 Å². The number of aromatic nitrogens is 2. The Morgan fingerprint density at radius 1 is 1.38 bits per heavy atom. The van der Waals surface area contributed by atoms with Crippen molar-refractivity contribution in [1.29, 1.82) is 0 Å². The van der Waals surface area contributed by atoms with Crippen molar-refractivity contribution in [2.45, 2.75) is 20.3 Å². The van der Waals surface area contributed by atoms with Crippen LogP contribution in [0.5, 0.6) is 0 Å². The van der Waals surface area contributed by atoms with Crippen molar-refractivity contribution < 1.29 is 0 Å². The summed E-state index contributed by atoms with van der Waals surface area (Å²) in [6, 6.07) is 6.46. The minimum Gasteiger partial charge on any atom is -0.331 e. The molecule has 1 heterocycles. The first-order valence-electron chi connectivity index (χ1n) is 4.64. The van der Waals surface area contributed by atoms with Crippen molar-refractivity contribution in [2.75, 3.05) is 0 Å². The first-order valence-corrected chi connectivity index (χ1v) is 4.64. The van der Waals surface area contributed by atoms with Crippen molar-refractivity contribution in [3.05, 3.63) is 29.6 Å². The molecular weight excluding hydrogens is 160 g/mol. The molecule has 0 aliphatic carbocycles. The van der Waals surface area contributed by atoms with E-state index in [-0.39, 0.29) is 0 Å². The second-order valence-electron chi connectivity index (χ2n) is 3.39. The summed E-state index contributed by atoms with van der Waals surface area (Å²) in [6.07, 6.45) is 1.08. The average molecular weight is 174 g/mol. The molecule has 0 amide bonds. The molecule has 2 nitrogen and oxygen atoms in total. The van der Waals surface area contributed by atoms with Gasteiger partial charge in [0, 0.05) is 7.05 Å². The quantitative estimate of drug-likeness (QED) is 0.649. The minimum absolute atomic E-state index is 1.07. The Balaban J connectivity index is 2.75. The number of hydrogen-bond donors (Lipinski definition) is 0. The van der Waals surface area contributed by atoms with Crippen LogP contribution in [0.15, 0.2) is 18.2 Å². The van der Waals surface area contributed by atoms with E-state index in [0.29, 0.717) is 0 Å². The molecule has 0 bridgehead atoms. The van der Waals surface area contributed by atoms with E-state index in [4.69, 9.17) is 0 Å². The van der Waals surface area contributed by atoms with Gasteiger partial charge in [-0.25, -0.2) is 4.98 Å². The fourth-order valence-corrected chi connectivity index (χ4v) is 1.58. The fraction of sp³-hybridized carbons (Fsp3) is 0.364. The summed E-state index contributed by atoms with van der Waals surface area (Å²) in [7, 11) is 2.06. The Kier molecular flexibility index (Phi) is 1.83. The van der Waals surface area contributed by atoms with Crippen LogP contribution in [0.25, 0.3) is 11.0 Å². The Morgan fingerprint density at radius 3 is 2.85 bits per heavy atom.